The van der Waals surface area contributed by atoms with E-state index in [2.05, 4.69) is 6.58 Å². The fraction of sp³-hybridized carbons (Fsp3) is 0.211. The number of amides is 1. The van der Waals surface area contributed by atoms with Gasteiger partial charge in [0.05, 0.1) is 7.11 Å². The number of allylic oxidation sites excluding steroid dienone is 1. The zero-order valence-corrected chi connectivity index (χ0v) is 13.2. The number of methoxy groups -OCH3 is 1. The highest BCUT2D eigenvalue weighted by Crippen LogP contribution is 2.29. The third-order valence-corrected chi connectivity index (χ3v) is 4.12. The van der Waals surface area contributed by atoms with Crippen molar-refractivity contribution in [2.75, 3.05) is 18.6 Å². The standard InChI is InChI=1S/C19H18FNO2/c1-12(2)16-6-4-14(11-18(16)20)21-9-8-13-10-15(23-3)5-7-17(13)19(21)22/h4-7,10-11H,1,8-9H2,2-3H3. The molecule has 0 atom stereocenters. The number of carbonyl (C=O) groups excluding carboxylic acids is 1. The number of fused-ring (bicyclic) bond motifs is 1. The molecule has 0 bridgehead atoms. The van der Waals surface area contributed by atoms with Crippen LogP contribution in [0.25, 0.3) is 5.57 Å². The van der Waals surface area contributed by atoms with Crippen molar-refractivity contribution in [1.29, 1.82) is 0 Å². The Hall–Kier alpha value is -2.62. The van der Waals surface area contributed by atoms with E-state index in [1.54, 1.807) is 43.2 Å². The van der Waals surface area contributed by atoms with Crippen molar-refractivity contribution < 1.29 is 13.9 Å². The van der Waals surface area contributed by atoms with Gasteiger partial charge in [0.25, 0.3) is 5.91 Å². The number of halogens is 1. The first-order chi connectivity index (χ1) is 11.0. The molecule has 23 heavy (non-hydrogen) atoms. The van der Waals surface area contributed by atoms with Crippen LogP contribution in [0.1, 0.15) is 28.4 Å². The fourth-order valence-electron chi connectivity index (χ4n) is 2.86. The number of ether oxygens (including phenoxy) is 1. The first-order valence-corrected chi connectivity index (χ1v) is 7.45. The van der Waals surface area contributed by atoms with Gasteiger partial charge in [0.1, 0.15) is 11.6 Å². The SMILES string of the molecule is C=C(C)c1ccc(N2CCc3cc(OC)ccc3C2=O)cc1F. The largest absolute Gasteiger partial charge is 0.497 e. The van der Waals surface area contributed by atoms with E-state index >= 15 is 0 Å². The molecule has 0 saturated heterocycles. The summed E-state index contributed by atoms with van der Waals surface area (Å²) in [6.45, 7) is 6.03. The monoisotopic (exact) mass is 311 g/mol. The molecule has 0 saturated carbocycles. The summed E-state index contributed by atoms with van der Waals surface area (Å²) in [4.78, 5) is 14.3. The second kappa shape index (κ2) is 5.88. The predicted octanol–water partition coefficient (Wildman–Crippen LogP) is 4.07. The van der Waals surface area contributed by atoms with E-state index in [9.17, 15) is 9.18 Å². The van der Waals surface area contributed by atoms with Gasteiger partial charge < -0.3 is 9.64 Å². The molecule has 0 radical (unpaired) electrons. The molecular weight excluding hydrogens is 293 g/mol. The zero-order chi connectivity index (χ0) is 16.6. The molecule has 2 aromatic rings. The minimum absolute atomic E-state index is 0.114. The minimum Gasteiger partial charge on any atom is -0.497 e. The Kier molecular flexibility index (Phi) is 3.90. The van der Waals surface area contributed by atoms with E-state index in [0.717, 1.165) is 11.3 Å². The Morgan fingerprint density at radius 3 is 2.70 bits per heavy atom. The molecule has 0 aliphatic carbocycles. The summed E-state index contributed by atoms with van der Waals surface area (Å²) >= 11 is 0. The Morgan fingerprint density at radius 1 is 1.26 bits per heavy atom. The third-order valence-electron chi connectivity index (χ3n) is 4.12. The predicted molar refractivity (Wildman–Crippen MR) is 89.5 cm³/mol. The number of hydrogen-bond acceptors (Lipinski definition) is 2. The Balaban J connectivity index is 1.95. The van der Waals surface area contributed by atoms with Gasteiger partial charge in [-0.05, 0) is 60.9 Å². The van der Waals surface area contributed by atoms with E-state index in [1.807, 2.05) is 6.07 Å². The lowest BCUT2D eigenvalue weighted by molar-refractivity contribution is 0.0980. The van der Waals surface area contributed by atoms with Crippen molar-refractivity contribution in [3.05, 3.63) is 65.5 Å². The van der Waals surface area contributed by atoms with Crippen molar-refractivity contribution >= 4 is 17.2 Å². The molecule has 118 valence electrons. The molecule has 2 aromatic carbocycles. The molecule has 0 aromatic heterocycles. The number of anilines is 1. The van der Waals surface area contributed by atoms with Crippen molar-refractivity contribution in [1.82, 2.24) is 0 Å². The summed E-state index contributed by atoms with van der Waals surface area (Å²) in [5.74, 6) is 0.265. The molecular formula is C19H18FNO2. The highest BCUT2D eigenvalue weighted by atomic mass is 19.1. The molecule has 1 amide bonds. The van der Waals surface area contributed by atoms with E-state index < -0.39 is 0 Å². The Bertz CT molecular complexity index is 798. The first-order valence-electron chi connectivity index (χ1n) is 7.45. The Morgan fingerprint density at radius 2 is 2.04 bits per heavy atom. The van der Waals surface area contributed by atoms with Crippen LogP contribution in [0, 0.1) is 5.82 Å². The summed E-state index contributed by atoms with van der Waals surface area (Å²) in [5.41, 5.74) is 3.31. The molecule has 0 unspecified atom stereocenters. The normalized spacial score (nSPS) is 13.7. The van der Waals surface area contributed by atoms with Crippen LogP contribution in [0.4, 0.5) is 10.1 Å². The smallest absolute Gasteiger partial charge is 0.258 e. The average molecular weight is 311 g/mol. The third kappa shape index (κ3) is 2.72. The van der Waals surface area contributed by atoms with Crippen LogP contribution >= 0.6 is 0 Å². The maximum absolute atomic E-state index is 14.2. The van der Waals surface area contributed by atoms with Gasteiger partial charge in [0.15, 0.2) is 0 Å². The number of benzene rings is 2. The van der Waals surface area contributed by atoms with Crippen LogP contribution in [0.15, 0.2) is 43.0 Å². The van der Waals surface area contributed by atoms with Gasteiger partial charge >= 0.3 is 0 Å². The van der Waals surface area contributed by atoms with Crippen molar-refractivity contribution in [2.24, 2.45) is 0 Å². The summed E-state index contributed by atoms with van der Waals surface area (Å²) in [6.07, 6.45) is 0.710. The summed E-state index contributed by atoms with van der Waals surface area (Å²) in [5, 5.41) is 0. The van der Waals surface area contributed by atoms with Gasteiger partial charge in [-0.25, -0.2) is 4.39 Å². The van der Waals surface area contributed by atoms with Crippen LogP contribution in [0.3, 0.4) is 0 Å². The topological polar surface area (TPSA) is 29.5 Å². The lowest BCUT2D eigenvalue weighted by Crippen LogP contribution is -2.37. The highest BCUT2D eigenvalue weighted by molar-refractivity contribution is 6.08. The van der Waals surface area contributed by atoms with E-state index in [0.29, 0.717) is 35.4 Å². The molecule has 0 spiro atoms. The number of nitrogens with zero attached hydrogens (tertiary/aromatic N) is 1. The average Bonchev–Trinajstić information content (AvgIpc) is 2.54. The van der Waals surface area contributed by atoms with E-state index in [-0.39, 0.29) is 11.7 Å². The lowest BCUT2D eigenvalue weighted by atomic mass is 9.97. The zero-order valence-electron chi connectivity index (χ0n) is 13.2. The number of rotatable bonds is 3. The van der Waals surface area contributed by atoms with Gasteiger partial charge in [0.2, 0.25) is 0 Å². The van der Waals surface area contributed by atoms with Crippen LogP contribution in [-0.2, 0) is 6.42 Å². The minimum atomic E-state index is -0.358. The first kappa shape index (κ1) is 15.3. The van der Waals surface area contributed by atoms with Crippen molar-refractivity contribution in [3.8, 4) is 5.75 Å². The second-order valence-electron chi connectivity index (χ2n) is 5.67. The maximum atomic E-state index is 14.2. The molecule has 3 rings (SSSR count). The summed E-state index contributed by atoms with van der Waals surface area (Å²) in [6, 6.07) is 10.3. The van der Waals surface area contributed by atoms with Gasteiger partial charge in [0, 0.05) is 23.4 Å². The Labute approximate surface area is 135 Å². The molecule has 1 aliphatic heterocycles. The summed E-state index contributed by atoms with van der Waals surface area (Å²) in [7, 11) is 1.60. The van der Waals surface area contributed by atoms with Crippen molar-refractivity contribution in [3.63, 3.8) is 0 Å². The molecule has 4 heteroatoms. The maximum Gasteiger partial charge on any atom is 0.258 e. The van der Waals surface area contributed by atoms with Gasteiger partial charge in [-0.1, -0.05) is 6.58 Å². The molecule has 1 aliphatic rings. The molecule has 0 N–H and O–H groups in total. The quantitative estimate of drug-likeness (QED) is 0.855. The van der Waals surface area contributed by atoms with Crippen LogP contribution < -0.4 is 9.64 Å². The van der Waals surface area contributed by atoms with Crippen LogP contribution in [0.5, 0.6) is 5.75 Å². The number of carbonyl (C=O) groups is 1. The van der Waals surface area contributed by atoms with Crippen LogP contribution in [0.2, 0.25) is 0 Å². The van der Waals surface area contributed by atoms with Gasteiger partial charge in [-0.3, -0.25) is 4.79 Å². The summed E-state index contributed by atoms with van der Waals surface area (Å²) < 4.78 is 19.4. The molecule has 1 heterocycles. The highest BCUT2D eigenvalue weighted by Gasteiger charge is 2.26. The molecule has 3 nitrogen and oxygen atoms in total. The van der Waals surface area contributed by atoms with Crippen molar-refractivity contribution in [2.45, 2.75) is 13.3 Å². The van der Waals surface area contributed by atoms with E-state index in [1.165, 1.54) is 6.07 Å². The second-order valence-corrected chi connectivity index (χ2v) is 5.67. The van der Waals surface area contributed by atoms with E-state index in [4.69, 9.17) is 4.74 Å². The van der Waals surface area contributed by atoms with Crippen LogP contribution in [-0.4, -0.2) is 19.6 Å². The van der Waals surface area contributed by atoms with Gasteiger partial charge in [-0.15, -0.1) is 0 Å². The van der Waals surface area contributed by atoms with Gasteiger partial charge in [-0.2, -0.15) is 0 Å². The fourth-order valence-corrected chi connectivity index (χ4v) is 2.86. The lowest BCUT2D eigenvalue weighted by Gasteiger charge is -2.29. The molecule has 0 fully saturated rings. The number of hydrogen-bond donors (Lipinski definition) is 0.